The normalized spacial score (nSPS) is 20.6. The van der Waals surface area contributed by atoms with E-state index < -0.39 is 5.95 Å². The predicted octanol–water partition coefficient (Wildman–Crippen LogP) is 6.82. The lowest BCUT2D eigenvalue weighted by molar-refractivity contribution is 0.250. The minimum Gasteiger partial charge on any atom is -0.228 e. The first kappa shape index (κ1) is 18.1. The number of unbranched alkanes of at least 4 members (excludes halogenated alkanes) is 1. The summed E-state index contributed by atoms with van der Waals surface area (Å²) in [5.74, 6) is 1.49. The minimum absolute atomic E-state index is 0.426. The molecule has 2 heteroatoms. The van der Waals surface area contributed by atoms with E-state index in [0.717, 1.165) is 23.0 Å². The molecule has 1 fully saturated rings. The molecule has 0 unspecified atom stereocenters. The summed E-state index contributed by atoms with van der Waals surface area (Å²) in [5.41, 5.74) is 3.48. The van der Waals surface area contributed by atoms with Crippen LogP contribution in [0, 0.1) is 17.8 Å². The Morgan fingerprint density at radius 3 is 2.12 bits per heavy atom. The van der Waals surface area contributed by atoms with E-state index in [1.54, 1.807) is 12.3 Å². The van der Waals surface area contributed by atoms with Gasteiger partial charge in [0.2, 0.25) is 5.95 Å². The van der Waals surface area contributed by atoms with E-state index in [2.05, 4.69) is 36.2 Å². The number of pyridine rings is 1. The van der Waals surface area contributed by atoms with Crippen molar-refractivity contribution in [3.63, 3.8) is 0 Å². The molecule has 1 heterocycles. The van der Waals surface area contributed by atoms with Gasteiger partial charge in [-0.3, -0.25) is 0 Å². The quantitative estimate of drug-likeness (QED) is 0.504. The molecule has 1 aliphatic rings. The molecule has 134 valence electrons. The van der Waals surface area contributed by atoms with Crippen molar-refractivity contribution < 1.29 is 4.39 Å². The summed E-state index contributed by atoms with van der Waals surface area (Å²) < 4.78 is 12.9. The maximum atomic E-state index is 12.9. The molecule has 1 saturated carbocycles. The molecule has 0 atom stereocenters. The van der Waals surface area contributed by atoms with E-state index >= 15 is 0 Å². The second-order valence-corrected chi connectivity index (χ2v) is 7.63. The third-order valence-corrected chi connectivity index (χ3v) is 5.79. The van der Waals surface area contributed by atoms with Gasteiger partial charge in [0.1, 0.15) is 0 Å². The second-order valence-electron chi connectivity index (χ2n) is 7.63. The molecule has 1 nitrogen and oxygen atoms in total. The van der Waals surface area contributed by atoms with Crippen LogP contribution in [0.5, 0.6) is 0 Å². The average molecular weight is 339 g/mol. The average Bonchev–Trinajstić information content (AvgIpc) is 2.67. The number of hydrogen-bond acceptors (Lipinski definition) is 1. The summed E-state index contributed by atoms with van der Waals surface area (Å²) in [6.45, 7) is 2.30. The fourth-order valence-electron chi connectivity index (χ4n) is 4.08. The lowest BCUT2D eigenvalue weighted by Crippen LogP contribution is -2.15. The monoisotopic (exact) mass is 339 g/mol. The maximum Gasteiger partial charge on any atom is 0.212 e. The Bertz CT molecular complexity index is 624. The van der Waals surface area contributed by atoms with Gasteiger partial charge in [-0.15, -0.1) is 0 Å². The Labute approximate surface area is 151 Å². The van der Waals surface area contributed by atoms with Crippen LogP contribution in [0.2, 0.25) is 0 Å². The molecule has 3 rings (SSSR count). The highest BCUT2D eigenvalue weighted by Gasteiger charge is 2.20. The van der Waals surface area contributed by atoms with Gasteiger partial charge in [-0.25, -0.2) is 4.98 Å². The highest BCUT2D eigenvalue weighted by Crippen LogP contribution is 2.34. The Morgan fingerprint density at radius 1 is 0.880 bits per heavy atom. The number of halogens is 1. The summed E-state index contributed by atoms with van der Waals surface area (Å²) in [6, 6.07) is 11.9. The topological polar surface area (TPSA) is 12.9 Å². The Morgan fingerprint density at radius 2 is 1.52 bits per heavy atom. The number of benzene rings is 1. The summed E-state index contributed by atoms with van der Waals surface area (Å²) in [6.07, 6.45) is 14.0. The molecular formula is C23H30FN. The standard InChI is InChI=1S/C23H30FN/c1-2-3-4-18-5-7-19(8-6-18)9-10-20-11-13-21(14-12-20)22-15-16-23(24)25-17-22/h11-19H,2-10H2,1H3/t18-,19-. The largest absolute Gasteiger partial charge is 0.228 e. The molecule has 1 aliphatic carbocycles. The van der Waals surface area contributed by atoms with E-state index in [1.807, 2.05) is 0 Å². The summed E-state index contributed by atoms with van der Waals surface area (Å²) >= 11 is 0. The third kappa shape index (κ3) is 5.39. The van der Waals surface area contributed by atoms with Crippen molar-refractivity contribution in [3.05, 3.63) is 54.1 Å². The molecule has 0 saturated heterocycles. The second kappa shape index (κ2) is 9.12. The zero-order valence-electron chi connectivity index (χ0n) is 15.4. The van der Waals surface area contributed by atoms with Crippen LogP contribution in [-0.2, 0) is 6.42 Å². The smallest absolute Gasteiger partial charge is 0.212 e. The lowest BCUT2D eigenvalue weighted by Gasteiger charge is -2.28. The van der Waals surface area contributed by atoms with Gasteiger partial charge < -0.3 is 0 Å². The van der Waals surface area contributed by atoms with Crippen LogP contribution < -0.4 is 0 Å². The van der Waals surface area contributed by atoms with Crippen LogP contribution in [0.25, 0.3) is 11.1 Å². The van der Waals surface area contributed by atoms with Crippen molar-refractivity contribution in [1.82, 2.24) is 4.98 Å². The highest BCUT2D eigenvalue weighted by molar-refractivity contribution is 5.62. The number of aromatic nitrogens is 1. The van der Waals surface area contributed by atoms with E-state index in [9.17, 15) is 4.39 Å². The van der Waals surface area contributed by atoms with Gasteiger partial charge in [0, 0.05) is 11.8 Å². The Balaban J connectivity index is 1.45. The van der Waals surface area contributed by atoms with Crippen LogP contribution in [0.3, 0.4) is 0 Å². The van der Waals surface area contributed by atoms with Gasteiger partial charge in [-0.1, -0.05) is 76.1 Å². The SMILES string of the molecule is CCCC[C@H]1CC[C@H](CCc2ccc(-c3ccc(F)nc3)cc2)CC1. The molecule has 0 spiro atoms. The first-order chi connectivity index (χ1) is 12.2. The number of aryl methyl sites for hydroxylation is 1. The molecule has 2 aromatic rings. The molecule has 0 aliphatic heterocycles. The molecule has 0 amide bonds. The zero-order valence-corrected chi connectivity index (χ0v) is 15.4. The van der Waals surface area contributed by atoms with E-state index in [0.29, 0.717) is 0 Å². The summed E-state index contributed by atoms with van der Waals surface area (Å²) in [4.78, 5) is 3.73. The molecule has 0 N–H and O–H groups in total. The fourth-order valence-corrected chi connectivity index (χ4v) is 4.08. The van der Waals surface area contributed by atoms with Gasteiger partial charge in [-0.05, 0) is 47.9 Å². The van der Waals surface area contributed by atoms with Crippen molar-refractivity contribution in [2.45, 2.75) is 64.7 Å². The van der Waals surface area contributed by atoms with Gasteiger partial charge in [-0.2, -0.15) is 4.39 Å². The summed E-state index contributed by atoms with van der Waals surface area (Å²) in [7, 11) is 0. The van der Waals surface area contributed by atoms with Crippen molar-refractivity contribution in [2.24, 2.45) is 11.8 Å². The van der Waals surface area contributed by atoms with Gasteiger partial charge in [0.25, 0.3) is 0 Å². The highest BCUT2D eigenvalue weighted by atomic mass is 19.1. The molecule has 0 radical (unpaired) electrons. The lowest BCUT2D eigenvalue weighted by atomic mass is 9.78. The van der Waals surface area contributed by atoms with E-state index in [1.165, 1.54) is 69.4 Å². The molecular weight excluding hydrogens is 309 g/mol. The van der Waals surface area contributed by atoms with Crippen molar-refractivity contribution in [2.75, 3.05) is 0 Å². The Hall–Kier alpha value is -1.70. The summed E-state index contributed by atoms with van der Waals surface area (Å²) in [5, 5.41) is 0. The fraction of sp³-hybridized carbons (Fsp3) is 0.522. The van der Waals surface area contributed by atoms with E-state index in [4.69, 9.17) is 0 Å². The third-order valence-electron chi connectivity index (χ3n) is 5.79. The molecule has 1 aromatic heterocycles. The Kier molecular flexibility index (Phi) is 6.61. The van der Waals surface area contributed by atoms with Gasteiger partial charge in [0.15, 0.2) is 0 Å². The molecule has 1 aromatic carbocycles. The van der Waals surface area contributed by atoms with Crippen LogP contribution in [0.1, 0.15) is 63.9 Å². The first-order valence-corrected chi connectivity index (χ1v) is 9.95. The molecule has 0 bridgehead atoms. The molecule has 25 heavy (non-hydrogen) atoms. The van der Waals surface area contributed by atoms with Gasteiger partial charge in [0.05, 0.1) is 0 Å². The number of hydrogen-bond donors (Lipinski definition) is 0. The number of rotatable bonds is 7. The van der Waals surface area contributed by atoms with Gasteiger partial charge >= 0.3 is 0 Å². The van der Waals surface area contributed by atoms with Crippen LogP contribution in [0.4, 0.5) is 4.39 Å². The van der Waals surface area contributed by atoms with Crippen molar-refractivity contribution in [1.29, 1.82) is 0 Å². The van der Waals surface area contributed by atoms with Crippen LogP contribution >= 0.6 is 0 Å². The van der Waals surface area contributed by atoms with Crippen molar-refractivity contribution >= 4 is 0 Å². The van der Waals surface area contributed by atoms with Crippen LogP contribution in [-0.4, -0.2) is 4.98 Å². The number of nitrogens with zero attached hydrogens (tertiary/aromatic N) is 1. The van der Waals surface area contributed by atoms with Crippen LogP contribution in [0.15, 0.2) is 42.6 Å². The van der Waals surface area contributed by atoms with Crippen molar-refractivity contribution in [3.8, 4) is 11.1 Å². The van der Waals surface area contributed by atoms with E-state index in [-0.39, 0.29) is 0 Å². The minimum atomic E-state index is -0.426. The predicted molar refractivity (Wildman–Crippen MR) is 103 cm³/mol. The first-order valence-electron chi connectivity index (χ1n) is 9.95. The maximum absolute atomic E-state index is 12.9. The zero-order chi connectivity index (χ0) is 17.5.